The van der Waals surface area contributed by atoms with Crippen LogP contribution < -0.4 is 10.2 Å². The largest absolute Gasteiger partial charge is 0.513 e. The van der Waals surface area contributed by atoms with Gasteiger partial charge in [-0.2, -0.15) is 0 Å². The highest BCUT2D eigenvalue weighted by Crippen LogP contribution is 2.32. The lowest BCUT2D eigenvalue weighted by molar-refractivity contribution is 0.0953. The molecule has 1 unspecified atom stereocenters. The summed E-state index contributed by atoms with van der Waals surface area (Å²) in [6, 6.07) is 7.44. The minimum Gasteiger partial charge on any atom is -0.513 e. The smallest absolute Gasteiger partial charge is 0.251 e. The quantitative estimate of drug-likeness (QED) is 0.263. The Kier molecular flexibility index (Phi) is 10.3. The summed E-state index contributed by atoms with van der Waals surface area (Å²) in [6.45, 7) is 5.86. The molecule has 1 heterocycles. The second kappa shape index (κ2) is 14.1. The number of halogens is 2. The van der Waals surface area contributed by atoms with E-state index in [9.17, 15) is 14.3 Å². The van der Waals surface area contributed by atoms with Crippen molar-refractivity contribution in [2.45, 2.75) is 45.3 Å². The first-order valence-corrected chi connectivity index (χ1v) is 14.4. The highest BCUT2D eigenvalue weighted by Gasteiger charge is 2.18. The molecule has 2 aliphatic rings. The molecule has 1 aromatic carbocycles. The average molecular weight is 578 g/mol. The van der Waals surface area contributed by atoms with Crippen molar-refractivity contribution in [3.63, 3.8) is 0 Å². The van der Waals surface area contributed by atoms with Crippen LogP contribution in [0.15, 0.2) is 107 Å². The van der Waals surface area contributed by atoms with Crippen LogP contribution in [-0.2, 0) is 6.54 Å². The molecule has 40 heavy (non-hydrogen) atoms. The summed E-state index contributed by atoms with van der Waals surface area (Å²) in [4.78, 5) is 19.6. The highest BCUT2D eigenvalue weighted by molar-refractivity contribution is 7.13. The van der Waals surface area contributed by atoms with Crippen LogP contribution in [0.3, 0.4) is 0 Å². The van der Waals surface area contributed by atoms with Gasteiger partial charge in [0.05, 0.1) is 18.0 Å². The van der Waals surface area contributed by atoms with Crippen LogP contribution >= 0.6 is 22.9 Å². The molecule has 4 rings (SSSR count). The third-order valence-electron chi connectivity index (χ3n) is 6.34. The van der Waals surface area contributed by atoms with Crippen LogP contribution in [0.4, 0.5) is 9.52 Å². The van der Waals surface area contributed by atoms with Crippen molar-refractivity contribution < 1.29 is 14.3 Å². The van der Waals surface area contributed by atoms with Crippen LogP contribution in [-0.4, -0.2) is 28.7 Å². The molecule has 0 spiro atoms. The van der Waals surface area contributed by atoms with E-state index >= 15 is 0 Å². The van der Waals surface area contributed by atoms with Gasteiger partial charge in [-0.3, -0.25) is 4.79 Å². The number of anilines is 1. The number of nitrogens with one attached hydrogen (secondary N) is 1. The van der Waals surface area contributed by atoms with Gasteiger partial charge in [0.25, 0.3) is 5.91 Å². The van der Waals surface area contributed by atoms with Gasteiger partial charge in [-0.05, 0) is 55.7 Å². The van der Waals surface area contributed by atoms with Crippen molar-refractivity contribution in [3.05, 3.63) is 124 Å². The van der Waals surface area contributed by atoms with Crippen LogP contribution in [0.5, 0.6) is 0 Å². The Balaban J connectivity index is 1.60. The van der Waals surface area contributed by atoms with Gasteiger partial charge in [0.15, 0.2) is 5.13 Å². The molecule has 2 N–H and O–H groups in total. The molecule has 0 bridgehead atoms. The Labute approximate surface area is 244 Å². The number of carbonyl (C=O) groups is 1. The zero-order chi connectivity index (χ0) is 28.5. The first-order chi connectivity index (χ1) is 19.3. The molecular formula is C32H33ClFN3O2S. The Bertz CT molecular complexity index is 1410. The molecule has 1 atom stereocenters. The number of carbonyl (C=O) groups excluding carboxylic acids is 1. The van der Waals surface area contributed by atoms with Crippen molar-refractivity contribution in [2.24, 2.45) is 0 Å². The second-order valence-electron chi connectivity index (χ2n) is 9.72. The summed E-state index contributed by atoms with van der Waals surface area (Å²) < 4.78 is 13.7. The van der Waals surface area contributed by atoms with E-state index in [4.69, 9.17) is 16.6 Å². The number of aliphatic hydroxyl groups is 1. The van der Waals surface area contributed by atoms with E-state index in [0.717, 1.165) is 38.3 Å². The number of nitrogens with zero attached hydrogens (tertiary/aromatic N) is 2. The molecular weight excluding hydrogens is 545 g/mol. The van der Waals surface area contributed by atoms with Crippen molar-refractivity contribution in [1.82, 2.24) is 10.3 Å². The molecule has 1 amide bonds. The minimum atomic E-state index is -0.895. The van der Waals surface area contributed by atoms with Crippen molar-refractivity contribution in [2.75, 3.05) is 11.4 Å². The number of alkyl halides is 1. The van der Waals surface area contributed by atoms with Gasteiger partial charge < -0.3 is 15.3 Å². The molecule has 5 nitrogen and oxygen atoms in total. The third-order valence-corrected chi connectivity index (χ3v) is 7.49. The normalized spacial score (nSPS) is 15.7. The van der Waals surface area contributed by atoms with Gasteiger partial charge in [-0.15, -0.1) is 11.3 Å². The maximum absolute atomic E-state index is 13.7. The van der Waals surface area contributed by atoms with Gasteiger partial charge in [-0.1, -0.05) is 66.3 Å². The molecule has 2 aliphatic carbocycles. The van der Waals surface area contributed by atoms with Crippen LogP contribution in [0.25, 0.3) is 5.57 Å². The van der Waals surface area contributed by atoms with E-state index in [1.54, 1.807) is 30.4 Å². The molecule has 8 heteroatoms. The second-order valence-corrected chi connectivity index (χ2v) is 11.0. The zero-order valence-electron chi connectivity index (χ0n) is 22.4. The number of benzene rings is 1. The van der Waals surface area contributed by atoms with Crippen molar-refractivity contribution in [3.8, 4) is 0 Å². The number of rotatable bonds is 11. The molecule has 0 radical (unpaired) electrons. The lowest BCUT2D eigenvalue weighted by Crippen LogP contribution is -2.25. The standard InChI is InChI=1S/C32H33ClFN3O2S/c1-22(34)19-24-5-3-8-29(16-11-24)37(32-36-30(21-40-32)26-6-4-7-28(33)15-14-26)20-25-9-12-27(13-10-25)31(39)35-18-17-23(2)38/h3-4,6,8-16,21-22,38H,2,5,7,17-20H2,1H3,(H,35,39). The number of aromatic nitrogens is 1. The molecule has 208 valence electrons. The number of hydrogen-bond acceptors (Lipinski definition) is 5. The summed E-state index contributed by atoms with van der Waals surface area (Å²) in [7, 11) is 0. The Morgan fingerprint density at radius 3 is 2.70 bits per heavy atom. The maximum atomic E-state index is 13.7. The topological polar surface area (TPSA) is 65.5 Å². The van der Waals surface area contributed by atoms with Crippen molar-refractivity contribution in [1.29, 1.82) is 0 Å². The van der Waals surface area contributed by atoms with E-state index in [0.29, 0.717) is 44.3 Å². The van der Waals surface area contributed by atoms with Gasteiger partial charge >= 0.3 is 0 Å². The van der Waals surface area contributed by atoms with Gasteiger partial charge in [0, 0.05) is 46.6 Å². The zero-order valence-corrected chi connectivity index (χ0v) is 24.0. The summed E-state index contributed by atoms with van der Waals surface area (Å²) in [5, 5.41) is 15.6. The fraction of sp³-hybridized carbons (Fsp3) is 0.250. The van der Waals surface area contributed by atoms with E-state index in [1.165, 1.54) is 0 Å². The summed E-state index contributed by atoms with van der Waals surface area (Å²) in [5.41, 5.74) is 5.38. The Morgan fingerprint density at radius 2 is 1.95 bits per heavy atom. The number of aliphatic hydroxyl groups excluding tert-OH is 1. The predicted molar refractivity (Wildman–Crippen MR) is 164 cm³/mol. The van der Waals surface area contributed by atoms with Gasteiger partial charge in [0.2, 0.25) is 0 Å². The van der Waals surface area contributed by atoms with Crippen molar-refractivity contribution >= 4 is 39.5 Å². The van der Waals surface area contributed by atoms with Gasteiger partial charge in [0.1, 0.15) is 6.17 Å². The number of allylic oxidation sites excluding steroid dienone is 11. The number of hydrogen-bond donors (Lipinski definition) is 2. The lowest BCUT2D eigenvalue weighted by atomic mass is 10.1. The SMILES string of the molecule is C=C(O)CCNC(=O)c1ccc(CN(C2=CC=C(CC(C)F)CC=C2)c2nc(C3=CC=C(Cl)CC=C3)cs2)cc1. The van der Waals surface area contributed by atoms with E-state index < -0.39 is 6.17 Å². The van der Waals surface area contributed by atoms with Gasteiger partial charge in [-0.25, -0.2) is 9.37 Å². The third kappa shape index (κ3) is 8.41. The summed E-state index contributed by atoms with van der Waals surface area (Å²) in [6.07, 6.45) is 17.3. The monoisotopic (exact) mass is 577 g/mol. The molecule has 0 saturated carbocycles. The molecule has 1 aromatic heterocycles. The molecule has 0 aliphatic heterocycles. The molecule has 0 saturated heterocycles. The van der Waals surface area contributed by atoms with Crippen LogP contribution in [0.1, 0.15) is 54.2 Å². The summed E-state index contributed by atoms with van der Waals surface area (Å²) in [5.74, 6) is -0.169. The number of thiazole rings is 1. The fourth-order valence-corrected chi connectivity index (χ4v) is 5.29. The maximum Gasteiger partial charge on any atom is 0.251 e. The van der Waals surface area contributed by atoms with Crippen LogP contribution in [0.2, 0.25) is 0 Å². The van der Waals surface area contributed by atoms with E-state index in [1.807, 2.05) is 54.0 Å². The Hall–Kier alpha value is -3.68. The van der Waals surface area contributed by atoms with Crippen LogP contribution in [0, 0.1) is 0 Å². The first-order valence-electron chi connectivity index (χ1n) is 13.2. The van der Waals surface area contributed by atoms with E-state index in [2.05, 4.69) is 28.9 Å². The summed E-state index contributed by atoms with van der Waals surface area (Å²) >= 11 is 7.75. The first kappa shape index (κ1) is 29.3. The average Bonchev–Trinajstić information content (AvgIpc) is 3.15. The highest BCUT2D eigenvalue weighted by atomic mass is 35.5. The Morgan fingerprint density at radius 1 is 1.18 bits per heavy atom. The lowest BCUT2D eigenvalue weighted by Gasteiger charge is -2.23. The minimum absolute atomic E-state index is 0.0377. The fourth-order valence-electron chi connectivity index (χ4n) is 4.28. The number of amides is 1. The predicted octanol–water partition coefficient (Wildman–Crippen LogP) is 8.33. The molecule has 2 aromatic rings. The molecule has 0 fully saturated rings. The van der Waals surface area contributed by atoms with E-state index in [-0.39, 0.29) is 11.7 Å².